The minimum absolute atomic E-state index is 0.259. The van der Waals surface area contributed by atoms with Gasteiger partial charge in [-0.05, 0) is 71.7 Å². The van der Waals surface area contributed by atoms with E-state index in [0.717, 1.165) is 40.6 Å². The quantitative estimate of drug-likeness (QED) is 0.660. The van der Waals surface area contributed by atoms with Gasteiger partial charge in [-0.1, -0.05) is 0 Å². The second-order valence-electron chi connectivity index (χ2n) is 6.40. The monoisotopic (exact) mass is 324 g/mol. The van der Waals surface area contributed by atoms with Crippen LogP contribution in [0.3, 0.4) is 0 Å². The van der Waals surface area contributed by atoms with E-state index in [1.807, 2.05) is 6.20 Å². The Labute approximate surface area is 122 Å². The van der Waals surface area contributed by atoms with E-state index in [1.54, 1.807) is 0 Å². The standard InChI is InChI=1S/C14H21BrN4/c1-2-19-14(9(15)6-17-19)13(18-16)12-10-7-3-4-8(5-7)11(10)12/h6-8,10-13,18H,2-5,16H2,1H3. The van der Waals surface area contributed by atoms with Crippen LogP contribution in [0.15, 0.2) is 10.7 Å². The second-order valence-corrected chi connectivity index (χ2v) is 7.26. The van der Waals surface area contributed by atoms with Crippen molar-refractivity contribution in [3.05, 3.63) is 16.4 Å². The summed E-state index contributed by atoms with van der Waals surface area (Å²) >= 11 is 3.64. The third-order valence-corrected chi connectivity index (χ3v) is 6.40. The number of fused-ring (bicyclic) bond motifs is 5. The zero-order valence-corrected chi connectivity index (χ0v) is 12.8. The lowest BCUT2D eigenvalue weighted by atomic mass is 9.96. The highest BCUT2D eigenvalue weighted by Crippen LogP contribution is 2.72. The van der Waals surface area contributed by atoms with Gasteiger partial charge in [-0.3, -0.25) is 16.0 Å². The SMILES string of the molecule is CCn1ncc(Br)c1C(NN)C1C2C3CCC(C3)C21. The largest absolute Gasteiger partial charge is 0.271 e. The van der Waals surface area contributed by atoms with Gasteiger partial charge in [0.25, 0.3) is 0 Å². The van der Waals surface area contributed by atoms with Crippen LogP contribution in [0.4, 0.5) is 0 Å². The first kappa shape index (κ1) is 12.4. The highest BCUT2D eigenvalue weighted by Gasteiger charge is 2.67. The van der Waals surface area contributed by atoms with E-state index in [1.165, 1.54) is 25.0 Å². The lowest BCUT2D eigenvalue weighted by Crippen LogP contribution is -2.33. The number of halogens is 1. The van der Waals surface area contributed by atoms with Gasteiger partial charge in [0, 0.05) is 6.54 Å². The van der Waals surface area contributed by atoms with Gasteiger partial charge in [0.1, 0.15) is 0 Å². The maximum absolute atomic E-state index is 5.90. The molecule has 3 aliphatic rings. The van der Waals surface area contributed by atoms with Crippen molar-refractivity contribution in [2.24, 2.45) is 35.4 Å². The van der Waals surface area contributed by atoms with Gasteiger partial charge in [0.05, 0.1) is 22.4 Å². The Hall–Kier alpha value is -0.390. The zero-order valence-electron chi connectivity index (χ0n) is 11.2. The van der Waals surface area contributed by atoms with Gasteiger partial charge in [-0.2, -0.15) is 5.10 Å². The average Bonchev–Trinajstić information content (AvgIpc) is 2.77. The highest BCUT2D eigenvalue weighted by molar-refractivity contribution is 9.10. The van der Waals surface area contributed by atoms with Crippen molar-refractivity contribution >= 4 is 15.9 Å². The lowest BCUT2D eigenvalue weighted by Gasteiger charge is -2.21. The molecule has 3 saturated carbocycles. The summed E-state index contributed by atoms with van der Waals surface area (Å²) < 4.78 is 3.17. The summed E-state index contributed by atoms with van der Waals surface area (Å²) in [5.74, 6) is 10.4. The van der Waals surface area contributed by atoms with Crippen LogP contribution in [0.1, 0.15) is 37.9 Å². The van der Waals surface area contributed by atoms with Crippen molar-refractivity contribution in [3.63, 3.8) is 0 Å². The molecule has 104 valence electrons. The molecule has 0 aromatic carbocycles. The molecule has 1 aromatic heterocycles. The van der Waals surface area contributed by atoms with Crippen LogP contribution in [-0.4, -0.2) is 9.78 Å². The van der Waals surface area contributed by atoms with E-state index in [2.05, 4.69) is 38.1 Å². The Balaban J connectivity index is 1.64. The van der Waals surface area contributed by atoms with E-state index >= 15 is 0 Å². The predicted octanol–water partition coefficient (Wildman–Crippen LogP) is 2.46. The molecular weight excluding hydrogens is 304 g/mol. The number of nitrogens with one attached hydrogen (secondary N) is 1. The first-order chi connectivity index (χ1) is 9.26. The maximum atomic E-state index is 5.90. The topological polar surface area (TPSA) is 55.9 Å². The minimum Gasteiger partial charge on any atom is -0.271 e. The van der Waals surface area contributed by atoms with Crippen molar-refractivity contribution < 1.29 is 0 Å². The fourth-order valence-electron chi connectivity index (χ4n) is 5.14. The molecule has 3 fully saturated rings. The second kappa shape index (κ2) is 4.30. The number of aromatic nitrogens is 2. The van der Waals surface area contributed by atoms with Gasteiger partial charge >= 0.3 is 0 Å². The number of hydrogen-bond donors (Lipinski definition) is 2. The Morgan fingerprint density at radius 1 is 1.47 bits per heavy atom. The molecular formula is C14H21BrN4. The molecule has 1 heterocycles. The molecule has 4 rings (SSSR count). The minimum atomic E-state index is 0.259. The summed E-state index contributed by atoms with van der Waals surface area (Å²) in [7, 11) is 0. The number of hydrogen-bond acceptors (Lipinski definition) is 3. The number of hydrazine groups is 1. The van der Waals surface area contributed by atoms with Gasteiger partial charge in [-0.25, -0.2) is 0 Å². The fourth-order valence-corrected chi connectivity index (χ4v) is 5.69. The van der Waals surface area contributed by atoms with Gasteiger partial charge in [0.2, 0.25) is 0 Å². The van der Waals surface area contributed by atoms with Gasteiger partial charge in [-0.15, -0.1) is 0 Å². The number of aryl methyl sites for hydroxylation is 1. The molecule has 1 aromatic rings. The first-order valence-electron chi connectivity index (χ1n) is 7.43. The Morgan fingerprint density at radius 2 is 2.16 bits per heavy atom. The molecule has 4 nitrogen and oxygen atoms in total. The number of rotatable bonds is 4. The summed E-state index contributed by atoms with van der Waals surface area (Å²) in [4.78, 5) is 0. The summed E-state index contributed by atoms with van der Waals surface area (Å²) in [5.41, 5.74) is 4.33. The molecule has 19 heavy (non-hydrogen) atoms. The van der Waals surface area contributed by atoms with E-state index in [-0.39, 0.29) is 6.04 Å². The normalized spacial score (nSPS) is 40.5. The molecule has 0 aliphatic heterocycles. The first-order valence-corrected chi connectivity index (χ1v) is 8.22. The van der Waals surface area contributed by atoms with Crippen LogP contribution in [0.5, 0.6) is 0 Å². The molecule has 3 aliphatic carbocycles. The van der Waals surface area contributed by atoms with Crippen LogP contribution in [0.2, 0.25) is 0 Å². The molecule has 5 heteroatoms. The molecule has 5 atom stereocenters. The van der Waals surface area contributed by atoms with Crippen molar-refractivity contribution in [1.29, 1.82) is 0 Å². The average molecular weight is 325 g/mol. The van der Waals surface area contributed by atoms with Crippen LogP contribution in [0, 0.1) is 29.6 Å². The van der Waals surface area contributed by atoms with Crippen LogP contribution in [-0.2, 0) is 6.54 Å². The van der Waals surface area contributed by atoms with Crippen LogP contribution in [0.25, 0.3) is 0 Å². The van der Waals surface area contributed by atoms with E-state index < -0.39 is 0 Å². The van der Waals surface area contributed by atoms with Gasteiger partial charge in [0.15, 0.2) is 0 Å². The molecule has 0 saturated heterocycles. The number of nitrogens with zero attached hydrogens (tertiary/aromatic N) is 2. The third-order valence-electron chi connectivity index (χ3n) is 5.79. The van der Waals surface area contributed by atoms with E-state index in [4.69, 9.17) is 5.84 Å². The molecule has 3 N–H and O–H groups in total. The van der Waals surface area contributed by atoms with Crippen LogP contribution < -0.4 is 11.3 Å². The summed E-state index contributed by atoms with van der Waals surface area (Å²) in [5, 5.41) is 4.44. The molecule has 0 amide bonds. The fraction of sp³-hybridized carbons (Fsp3) is 0.786. The van der Waals surface area contributed by atoms with Crippen molar-refractivity contribution in [2.45, 2.75) is 38.8 Å². The summed E-state index contributed by atoms with van der Waals surface area (Å²) in [6, 6.07) is 0.259. The molecule has 5 unspecified atom stereocenters. The van der Waals surface area contributed by atoms with Crippen molar-refractivity contribution in [3.8, 4) is 0 Å². The lowest BCUT2D eigenvalue weighted by molar-refractivity contribution is 0.356. The zero-order chi connectivity index (χ0) is 13.1. The van der Waals surface area contributed by atoms with E-state index in [9.17, 15) is 0 Å². The van der Waals surface area contributed by atoms with Crippen LogP contribution >= 0.6 is 15.9 Å². The van der Waals surface area contributed by atoms with Gasteiger partial charge < -0.3 is 0 Å². The molecule has 0 radical (unpaired) electrons. The summed E-state index contributed by atoms with van der Waals surface area (Å²) in [6.07, 6.45) is 6.29. The van der Waals surface area contributed by atoms with Crippen molar-refractivity contribution in [1.82, 2.24) is 15.2 Å². The maximum Gasteiger partial charge on any atom is 0.0712 e. The molecule has 0 spiro atoms. The van der Waals surface area contributed by atoms with Crippen molar-refractivity contribution in [2.75, 3.05) is 0 Å². The Kier molecular flexibility index (Phi) is 2.80. The molecule has 2 bridgehead atoms. The Morgan fingerprint density at radius 3 is 2.74 bits per heavy atom. The number of nitrogens with two attached hydrogens (primary N) is 1. The summed E-state index contributed by atoms with van der Waals surface area (Å²) in [6.45, 7) is 3.03. The predicted molar refractivity (Wildman–Crippen MR) is 77.0 cm³/mol. The third kappa shape index (κ3) is 1.61. The van der Waals surface area contributed by atoms with E-state index in [0.29, 0.717) is 0 Å². The highest BCUT2D eigenvalue weighted by atomic mass is 79.9. The Bertz CT molecular complexity index is 484. The smallest absolute Gasteiger partial charge is 0.0712 e.